The molecule has 0 aliphatic carbocycles. The Balaban J connectivity index is 2.48. The first kappa shape index (κ1) is 14.1. The number of carbonyl (C=O) groups is 2. The number of amides is 2. The van der Waals surface area contributed by atoms with Gasteiger partial charge in [-0.15, -0.1) is 0 Å². The summed E-state index contributed by atoms with van der Waals surface area (Å²) in [6.45, 7) is 5.59. The van der Waals surface area contributed by atoms with Crippen LogP contribution in [0.2, 0.25) is 0 Å². The second kappa shape index (κ2) is 5.33. The van der Waals surface area contributed by atoms with Gasteiger partial charge in [-0.05, 0) is 44.0 Å². The van der Waals surface area contributed by atoms with Crippen LogP contribution in [0.1, 0.15) is 25.8 Å². The average Bonchev–Trinajstić information content (AvgIpc) is 2.32. The number of nitrogens with zero attached hydrogens (tertiary/aromatic N) is 1. The summed E-state index contributed by atoms with van der Waals surface area (Å²) in [5, 5.41) is 2.72. The van der Waals surface area contributed by atoms with Crippen LogP contribution < -0.4 is 10.2 Å². The van der Waals surface area contributed by atoms with Crippen LogP contribution in [0.4, 0.5) is 5.69 Å². The Kier molecular flexibility index (Phi) is 3.94. The second-order valence-corrected chi connectivity index (χ2v) is 5.77. The van der Waals surface area contributed by atoms with Gasteiger partial charge in [-0.3, -0.25) is 14.5 Å². The van der Waals surface area contributed by atoms with E-state index in [0.29, 0.717) is 6.42 Å². The van der Waals surface area contributed by atoms with Crippen molar-refractivity contribution in [3.63, 3.8) is 0 Å². The summed E-state index contributed by atoms with van der Waals surface area (Å²) < 4.78 is 0.906. The average molecular weight is 325 g/mol. The van der Waals surface area contributed by atoms with E-state index < -0.39 is 12.1 Å². The molecule has 1 fully saturated rings. The number of carbonyl (C=O) groups excluding carboxylic acids is 2. The molecule has 102 valence electrons. The normalized spacial score (nSPS) is 23.5. The Hall–Kier alpha value is -1.36. The van der Waals surface area contributed by atoms with Gasteiger partial charge in [0.25, 0.3) is 0 Å². The van der Waals surface area contributed by atoms with Crippen LogP contribution >= 0.6 is 15.9 Å². The van der Waals surface area contributed by atoms with Crippen LogP contribution in [-0.2, 0) is 9.59 Å². The van der Waals surface area contributed by atoms with Gasteiger partial charge in [0.05, 0.1) is 0 Å². The van der Waals surface area contributed by atoms with Gasteiger partial charge in [-0.25, -0.2) is 0 Å². The summed E-state index contributed by atoms with van der Waals surface area (Å²) in [7, 11) is 0. The van der Waals surface area contributed by atoms with Crippen LogP contribution in [-0.4, -0.2) is 23.9 Å². The molecule has 0 saturated carbocycles. The lowest BCUT2D eigenvalue weighted by Gasteiger charge is -2.37. The molecule has 1 aliphatic heterocycles. The van der Waals surface area contributed by atoms with Gasteiger partial charge in [0.2, 0.25) is 11.8 Å². The number of benzene rings is 1. The smallest absolute Gasteiger partial charge is 0.250 e. The molecule has 2 atom stereocenters. The highest BCUT2D eigenvalue weighted by molar-refractivity contribution is 9.10. The highest BCUT2D eigenvalue weighted by Crippen LogP contribution is 2.27. The van der Waals surface area contributed by atoms with Crippen molar-refractivity contribution in [1.82, 2.24) is 5.32 Å². The van der Waals surface area contributed by atoms with Crippen LogP contribution in [0.15, 0.2) is 22.7 Å². The third-order valence-electron chi connectivity index (χ3n) is 3.27. The largest absolute Gasteiger partial charge is 0.343 e. The molecule has 1 N–H and O–H groups in total. The van der Waals surface area contributed by atoms with Crippen molar-refractivity contribution in [2.75, 3.05) is 4.90 Å². The van der Waals surface area contributed by atoms with Crippen molar-refractivity contribution in [2.45, 2.75) is 39.3 Å². The first-order chi connectivity index (χ1) is 8.93. The maximum atomic E-state index is 12.4. The second-order valence-electron chi connectivity index (χ2n) is 4.85. The van der Waals surface area contributed by atoms with Crippen LogP contribution in [0.25, 0.3) is 0 Å². The SMILES string of the molecule is CCC1C(=O)NC(C)C(=O)N1c1cc(C)cc(Br)c1. The van der Waals surface area contributed by atoms with E-state index in [2.05, 4.69) is 21.2 Å². The van der Waals surface area contributed by atoms with Crippen LogP contribution in [0, 0.1) is 6.92 Å². The lowest BCUT2D eigenvalue weighted by atomic mass is 10.0. The molecule has 2 unspecified atom stereocenters. The van der Waals surface area contributed by atoms with Gasteiger partial charge >= 0.3 is 0 Å². The summed E-state index contributed by atoms with van der Waals surface area (Å²) in [6, 6.07) is 4.87. The van der Waals surface area contributed by atoms with E-state index in [9.17, 15) is 9.59 Å². The molecule has 1 aromatic rings. The Morgan fingerprint density at radius 2 is 2.00 bits per heavy atom. The number of hydrogen-bond donors (Lipinski definition) is 1. The number of hydrogen-bond acceptors (Lipinski definition) is 2. The molecule has 4 nitrogen and oxygen atoms in total. The molecular weight excluding hydrogens is 308 g/mol. The zero-order valence-corrected chi connectivity index (χ0v) is 12.8. The predicted molar refractivity (Wildman–Crippen MR) is 78.0 cm³/mol. The zero-order valence-electron chi connectivity index (χ0n) is 11.2. The van der Waals surface area contributed by atoms with Crippen LogP contribution in [0.5, 0.6) is 0 Å². The fraction of sp³-hybridized carbons (Fsp3) is 0.429. The number of piperazine rings is 1. The minimum atomic E-state index is -0.477. The summed E-state index contributed by atoms with van der Waals surface area (Å²) in [5.41, 5.74) is 1.82. The summed E-state index contributed by atoms with van der Waals surface area (Å²) in [5.74, 6) is -0.156. The molecule has 0 spiro atoms. The van der Waals surface area contributed by atoms with Gasteiger partial charge in [-0.1, -0.05) is 22.9 Å². The third kappa shape index (κ3) is 2.66. The van der Waals surface area contributed by atoms with E-state index >= 15 is 0 Å². The molecule has 0 radical (unpaired) electrons. The maximum Gasteiger partial charge on any atom is 0.250 e. The number of rotatable bonds is 2. The number of anilines is 1. The van der Waals surface area contributed by atoms with Gasteiger partial charge in [0.1, 0.15) is 12.1 Å². The first-order valence-corrected chi connectivity index (χ1v) is 7.14. The summed E-state index contributed by atoms with van der Waals surface area (Å²) in [4.78, 5) is 26.0. The monoisotopic (exact) mass is 324 g/mol. The molecule has 19 heavy (non-hydrogen) atoms. The molecule has 2 rings (SSSR count). The summed E-state index contributed by atoms with van der Waals surface area (Å²) >= 11 is 3.43. The fourth-order valence-electron chi connectivity index (χ4n) is 2.38. The minimum absolute atomic E-state index is 0.0658. The zero-order chi connectivity index (χ0) is 14.2. The van der Waals surface area contributed by atoms with Crippen molar-refractivity contribution in [3.05, 3.63) is 28.2 Å². The van der Waals surface area contributed by atoms with Crippen molar-refractivity contribution < 1.29 is 9.59 Å². The van der Waals surface area contributed by atoms with Crippen molar-refractivity contribution in [2.24, 2.45) is 0 Å². The van der Waals surface area contributed by atoms with E-state index in [1.165, 1.54) is 0 Å². The summed E-state index contributed by atoms with van der Waals surface area (Å²) in [6.07, 6.45) is 0.593. The first-order valence-electron chi connectivity index (χ1n) is 6.34. The van der Waals surface area contributed by atoms with Gasteiger partial charge in [0, 0.05) is 10.2 Å². The number of aryl methyl sites for hydroxylation is 1. The molecule has 1 aliphatic rings. The van der Waals surface area contributed by atoms with E-state index in [1.54, 1.807) is 11.8 Å². The molecule has 1 heterocycles. The Morgan fingerprint density at radius 1 is 1.32 bits per heavy atom. The van der Waals surface area contributed by atoms with E-state index in [4.69, 9.17) is 0 Å². The lowest BCUT2D eigenvalue weighted by molar-refractivity contribution is -0.133. The lowest BCUT2D eigenvalue weighted by Crippen LogP contribution is -2.62. The maximum absolute atomic E-state index is 12.4. The Bertz CT molecular complexity index is 510. The van der Waals surface area contributed by atoms with Crippen molar-refractivity contribution in [1.29, 1.82) is 0 Å². The van der Waals surface area contributed by atoms with E-state index in [0.717, 1.165) is 15.7 Å². The Morgan fingerprint density at radius 3 is 2.58 bits per heavy atom. The molecular formula is C14H17BrN2O2. The topological polar surface area (TPSA) is 49.4 Å². The molecule has 2 amide bonds. The van der Waals surface area contributed by atoms with E-state index in [-0.39, 0.29) is 11.8 Å². The Labute approximate surface area is 121 Å². The predicted octanol–water partition coefficient (Wildman–Crippen LogP) is 2.39. The molecule has 5 heteroatoms. The van der Waals surface area contributed by atoms with Gasteiger partial charge < -0.3 is 5.32 Å². The molecule has 0 aromatic heterocycles. The third-order valence-corrected chi connectivity index (χ3v) is 3.73. The van der Waals surface area contributed by atoms with E-state index in [1.807, 2.05) is 32.0 Å². The minimum Gasteiger partial charge on any atom is -0.343 e. The molecule has 1 saturated heterocycles. The fourth-order valence-corrected chi connectivity index (χ4v) is 2.98. The standard InChI is InChI=1S/C14H17BrN2O2/c1-4-12-13(18)16-9(3)14(19)17(12)11-6-8(2)5-10(15)7-11/h5-7,9,12H,4H2,1-3H3,(H,16,18). The van der Waals surface area contributed by atoms with Gasteiger partial charge in [-0.2, -0.15) is 0 Å². The molecule has 0 bridgehead atoms. The number of nitrogens with one attached hydrogen (secondary N) is 1. The number of halogens is 1. The molecule has 1 aromatic carbocycles. The highest BCUT2D eigenvalue weighted by atomic mass is 79.9. The van der Waals surface area contributed by atoms with Crippen LogP contribution in [0.3, 0.4) is 0 Å². The van der Waals surface area contributed by atoms with Gasteiger partial charge in [0.15, 0.2) is 0 Å². The van der Waals surface area contributed by atoms with Crippen molar-refractivity contribution in [3.8, 4) is 0 Å². The quantitative estimate of drug-likeness (QED) is 0.908. The van der Waals surface area contributed by atoms with Crippen molar-refractivity contribution >= 4 is 33.4 Å². The highest BCUT2D eigenvalue weighted by Gasteiger charge is 2.38.